The second-order valence-corrected chi connectivity index (χ2v) is 8.14. The second-order valence-electron chi connectivity index (χ2n) is 8.14. The zero-order chi connectivity index (χ0) is 24.7. The SMILES string of the molecule is CC(=O)NC[C@H]1CN(c2cc(F)c(-c3ccc(-c4nc5ccccc5[nH]4)c(F)c3)c(F)c2)C(=O)O1. The number of nitrogens with zero attached hydrogens (tertiary/aromatic N) is 2. The Labute approximate surface area is 197 Å². The summed E-state index contributed by atoms with van der Waals surface area (Å²) in [4.78, 5) is 31.7. The Hall–Kier alpha value is -4.34. The molecule has 35 heavy (non-hydrogen) atoms. The number of ether oxygens (including phenoxy) is 1. The van der Waals surface area contributed by atoms with Crippen molar-refractivity contribution in [2.75, 3.05) is 18.0 Å². The van der Waals surface area contributed by atoms with Gasteiger partial charge in [-0.3, -0.25) is 9.69 Å². The highest BCUT2D eigenvalue weighted by molar-refractivity contribution is 5.90. The number of imidazole rings is 1. The molecule has 1 saturated heterocycles. The summed E-state index contributed by atoms with van der Waals surface area (Å²) in [6, 6.07) is 13.1. The summed E-state index contributed by atoms with van der Waals surface area (Å²) in [7, 11) is 0. The Morgan fingerprint density at radius 2 is 1.86 bits per heavy atom. The lowest BCUT2D eigenvalue weighted by Gasteiger charge is -2.15. The number of nitrogens with one attached hydrogen (secondary N) is 2. The first kappa shape index (κ1) is 22.5. The highest BCUT2D eigenvalue weighted by Crippen LogP contribution is 2.34. The molecule has 1 aliphatic heterocycles. The van der Waals surface area contributed by atoms with Crippen LogP contribution >= 0.6 is 0 Å². The first-order valence-corrected chi connectivity index (χ1v) is 10.8. The molecule has 0 aliphatic carbocycles. The average molecular weight is 480 g/mol. The third-order valence-electron chi connectivity index (χ3n) is 5.69. The summed E-state index contributed by atoms with van der Waals surface area (Å²) in [6.07, 6.45) is -1.44. The molecule has 0 unspecified atom stereocenters. The number of anilines is 1. The van der Waals surface area contributed by atoms with Gasteiger partial charge in [-0.2, -0.15) is 0 Å². The molecular formula is C25H19F3N4O3. The molecule has 0 bridgehead atoms. The van der Waals surface area contributed by atoms with Crippen LogP contribution in [0.5, 0.6) is 0 Å². The van der Waals surface area contributed by atoms with Crippen molar-refractivity contribution in [1.82, 2.24) is 15.3 Å². The van der Waals surface area contributed by atoms with Gasteiger partial charge < -0.3 is 15.0 Å². The number of carbonyl (C=O) groups excluding carboxylic acids is 2. The Balaban J connectivity index is 1.42. The second kappa shape index (κ2) is 8.79. The van der Waals surface area contributed by atoms with Crippen LogP contribution in [0, 0.1) is 17.5 Å². The number of halogens is 3. The zero-order valence-electron chi connectivity index (χ0n) is 18.4. The van der Waals surface area contributed by atoms with E-state index in [1.807, 2.05) is 18.2 Å². The maximum absolute atomic E-state index is 15.0. The number of hydrogen-bond donors (Lipinski definition) is 2. The van der Waals surface area contributed by atoms with Crippen molar-refractivity contribution >= 4 is 28.7 Å². The van der Waals surface area contributed by atoms with E-state index in [0.717, 1.165) is 28.6 Å². The molecule has 178 valence electrons. The molecule has 0 radical (unpaired) electrons. The standard InChI is InChI=1S/C25H19F3N4O3/c1-13(33)29-11-16-12-32(25(34)35-16)15-9-19(27)23(20(28)10-15)14-6-7-17(18(26)8-14)24-30-21-4-2-3-5-22(21)31-24/h2-10,16H,11-12H2,1H3,(H,29,33)(H,30,31)/t16-/m0/s1. The lowest BCUT2D eigenvalue weighted by molar-refractivity contribution is -0.119. The van der Waals surface area contributed by atoms with Crippen LogP contribution in [0.4, 0.5) is 23.7 Å². The first-order chi connectivity index (χ1) is 16.8. The predicted octanol–water partition coefficient (Wildman–Crippen LogP) is 4.78. The molecule has 4 aromatic rings. The molecule has 0 saturated carbocycles. The van der Waals surface area contributed by atoms with Crippen molar-refractivity contribution in [3.63, 3.8) is 0 Å². The van der Waals surface area contributed by atoms with Gasteiger partial charge in [0.05, 0.1) is 40.9 Å². The molecule has 2 amide bonds. The third kappa shape index (κ3) is 4.30. The minimum absolute atomic E-state index is 0.00329. The number of aromatic amines is 1. The van der Waals surface area contributed by atoms with Gasteiger partial charge in [0.1, 0.15) is 29.4 Å². The molecule has 3 aromatic carbocycles. The van der Waals surface area contributed by atoms with Gasteiger partial charge in [0.15, 0.2) is 0 Å². The number of amides is 2. The fourth-order valence-corrected chi connectivity index (χ4v) is 4.03. The van der Waals surface area contributed by atoms with Crippen LogP contribution in [-0.2, 0) is 9.53 Å². The number of benzene rings is 3. The number of hydrogen-bond acceptors (Lipinski definition) is 4. The Kier molecular flexibility index (Phi) is 5.64. The lowest BCUT2D eigenvalue weighted by atomic mass is 10.0. The molecular weight excluding hydrogens is 461 g/mol. The van der Waals surface area contributed by atoms with Gasteiger partial charge in [0.2, 0.25) is 5.91 Å². The third-order valence-corrected chi connectivity index (χ3v) is 5.69. The van der Waals surface area contributed by atoms with Gasteiger partial charge >= 0.3 is 6.09 Å². The van der Waals surface area contributed by atoms with Gasteiger partial charge in [-0.05, 0) is 42.0 Å². The van der Waals surface area contributed by atoms with Gasteiger partial charge in [0, 0.05) is 6.92 Å². The summed E-state index contributed by atoms with van der Waals surface area (Å²) >= 11 is 0. The Bertz CT molecular complexity index is 1410. The van der Waals surface area contributed by atoms with Crippen LogP contribution in [-0.4, -0.2) is 41.2 Å². The maximum Gasteiger partial charge on any atom is 0.414 e. The first-order valence-electron chi connectivity index (χ1n) is 10.8. The Morgan fingerprint density at radius 1 is 1.11 bits per heavy atom. The van der Waals surface area contributed by atoms with E-state index < -0.39 is 35.2 Å². The number of H-pyrrole nitrogens is 1. The van der Waals surface area contributed by atoms with Gasteiger partial charge in [-0.1, -0.05) is 18.2 Å². The summed E-state index contributed by atoms with van der Waals surface area (Å²) < 4.78 is 50.1. The van der Waals surface area contributed by atoms with Crippen LogP contribution < -0.4 is 10.2 Å². The van der Waals surface area contributed by atoms with Crippen molar-refractivity contribution in [2.45, 2.75) is 13.0 Å². The van der Waals surface area contributed by atoms with Crippen molar-refractivity contribution in [1.29, 1.82) is 0 Å². The van der Waals surface area contributed by atoms with E-state index in [9.17, 15) is 14.0 Å². The molecule has 1 atom stereocenters. The topological polar surface area (TPSA) is 87.3 Å². The van der Waals surface area contributed by atoms with Crippen LogP contribution in [0.15, 0.2) is 54.6 Å². The summed E-state index contributed by atoms with van der Waals surface area (Å²) in [6.45, 7) is 1.42. The highest BCUT2D eigenvalue weighted by atomic mass is 19.1. The van der Waals surface area contributed by atoms with E-state index in [1.165, 1.54) is 19.1 Å². The molecule has 1 aliphatic rings. The largest absolute Gasteiger partial charge is 0.442 e. The van der Waals surface area contributed by atoms with Crippen molar-refractivity contribution < 1.29 is 27.5 Å². The van der Waals surface area contributed by atoms with E-state index in [2.05, 4.69) is 15.3 Å². The smallest absolute Gasteiger partial charge is 0.414 e. The van der Waals surface area contributed by atoms with E-state index >= 15 is 8.78 Å². The summed E-state index contributed by atoms with van der Waals surface area (Å²) in [5.41, 5.74) is 1.09. The lowest BCUT2D eigenvalue weighted by Crippen LogP contribution is -2.33. The van der Waals surface area contributed by atoms with E-state index in [0.29, 0.717) is 11.3 Å². The molecule has 2 heterocycles. The minimum atomic E-state index is -0.964. The van der Waals surface area contributed by atoms with Crippen molar-refractivity contribution in [3.05, 3.63) is 72.0 Å². The van der Waals surface area contributed by atoms with E-state index in [4.69, 9.17) is 4.74 Å². The maximum atomic E-state index is 15.0. The number of fused-ring (bicyclic) bond motifs is 1. The fraction of sp³-hybridized carbons (Fsp3) is 0.160. The molecule has 0 spiro atoms. The summed E-state index contributed by atoms with van der Waals surface area (Å²) in [5, 5.41) is 2.53. The Morgan fingerprint density at radius 3 is 2.54 bits per heavy atom. The number of cyclic esters (lactones) is 1. The van der Waals surface area contributed by atoms with Gasteiger partial charge in [-0.15, -0.1) is 0 Å². The molecule has 10 heteroatoms. The number of rotatable bonds is 5. The van der Waals surface area contributed by atoms with Crippen LogP contribution in [0.1, 0.15) is 6.92 Å². The molecule has 2 N–H and O–H groups in total. The van der Waals surface area contributed by atoms with Crippen molar-refractivity contribution in [3.8, 4) is 22.5 Å². The normalized spacial score (nSPS) is 15.5. The quantitative estimate of drug-likeness (QED) is 0.431. The summed E-state index contributed by atoms with van der Waals surface area (Å²) in [5.74, 6) is -2.62. The highest BCUT2D eigenvalue weighted by Gasteiger charge is 2.33. The van der Waals surface area contributed by atoms with Gasteiger partial charge in [-0.25, -0.2) is 22.9 Å². The average Bonchev–Trinajstić information content (AvgIpc) is 3.40. The van der Waals surface area contributed by atoms with Crippen LogP contribution in [0.25, 0.3) is 33.5 Å². The monoisotopic (exact) mass is 480 g/mol. The minimum Gasteiger partial charge on any atom is -0.442 e. The molecule has 5 rings (SSSR count). The van der Waals surface area contributed by atoms with E-state index in [-0.39, 0.29) is 35.8 Å². The van der Waals surface area contributed by atoms with E-state index in [1.54, 1.807) is 6.07 Å². The zero-order valence-corrected chi connectivity index (χ0v) is 18.4. The molecule has 1 fully saturated rings. The predicted molar refractivity (Wildman–Crippen MR) is 123 cm³/mol. The number of carbonyl (C=O) groups is 2. The molecule has 7 nitrogen and oxygen atoms in total. The van der Waals surface area contributed by atoms with Crippen LogP contribution in [0.3, 0.4) is 0 Å². The van der Waals surface area contributed by atoms with Crippen molar-refractivity contribution in [2.24, 2.45) is 0 Å². The fourth-order valence-electron chi connectivity index (χ4n) is 4.03. The van der Waals surface area contributed by atoms with Gasteiger partial charge in [0.25, 0.3) is 0 Å². The van der Waals surface area contributed by atoms with Crippen LogP contribution in [0.2, 0.25) is 0 Å². The number of para-hydroxylation sites is 2. The molecule has 1 aromatic heterocycles. The number of aromatic nitrogens is 2.